The molecule has 1 aromatic heterocycles. The van der Waals surface area contributed by atoms with Crippen LogP contribution >= 0.6 is 0 Å². The van der Waals surface area contributed by atoms with E-state index in [-0.39, 0.29) is 23.7 Å². The third kappa shape index (κ3) is 4.89. The first kappa shape index (κ1) is 17.1. The van der Waals surface area contributed by atoms with Gasteiger partial charge in [-0.1, -0.05) is 24.3 Å². The molecule has 1 fully saturated rings. The van der Waals surface area contributed by atoms with Crippen molar-refractivity contribution in [1.29, 1.82) is 0 Å². The number of hydrogen-bond donors (Lipinski definition) is 2. The van der Waals surface area contributed by atoms with Crippen molar-refractivity contribution in [2.75, 3.05) is 5.32 Å². The van der Waals surface area contributed by atoms with Gasteiger partial charge in [-0.3, -0.25) is 14.6 Å². The molecule has 1 heterocycles. The van der Waals surface area contributed by atoms with Crippen LogP contribution < -0.4 is 10.6 Å². The lowest BCUT2D eigenvalue weighted by Gasteiger charge is -2.27. The Morgan fingerprint density at radius 3 is 2.16 bits per heavy atom. The van der Waals surface area contributed by atoms with Crippen LogP contribution in [0.5, 0.6) is 0 Å². The van der Waals surface area contributed by atoms with Gasteiger partial charge in [0.2, 0.25) is 11.8 Å². The lowest BCUT2D eigenvalue weighted by molar-refractivity contribution is -0.128. The van der Waals surface area contributed by atoms with E-state index in [1.54, 1.807) is 6.20 Å². The second-order valence-corrected chi connectivity index (χ2v) is 6.44. The highest BCUT2D eigenvalue weighted by atomic mass is 16.2. The molecule has 2 N–H and O–H groups in total. The van der Waals surface area contributed by atoms with Crippen LogP contribution in [0.25, 0.3) is 0 Å². The predicted molar refractivity (Wildman–Crippen MR) is 96.6 cm³/mol. The first-order valence-corrected chi connectivity index (χ1v) is 8.76. The third-order valence-corrected chi connectivity index (χ3v) is 4.68. The summed E-state index contributed by atoms with van der Waals surface area (Å²) in [6, 6.07) is 15.1. The van der Waals surface area contributed by atoms with Gasteiger partial charge < -0.3 is 10.6 Å². The van der Waals surface area contributed by atoms with Crippen LogP contribution in [0.3, 0.4) is 0 Å². The Kier molecular flexibility index (Phi) is 5.77. The smallest absolute Gasteiger partial charge is 0.227 e. The number of pyridine rings is 1. The summed E-state index contributed by atoms with van der Waals surface area (Å²) < 4.78 is 0. The molecule has 25 heavy (non-hydrogen) atoms. The van der Waals surface area contributed by atoms with Crippen molar-refractivity contribution in [2.24, 2.45) is 11.8 Å². The highest BCUT2D eigenvalue weighted by molar-refractivity contribution is 5.92. The maximum atomic E-state index is 12.3. The third-order valence-electron chi connectivity index (χ3n) is 4.68. The maximum absolute atomic E-state index is 12.3. The standard InChI is InChI=1S/C20H23N3O2/c24-19(22-14-18-8-4-5-13-21-18)15-9-11-16(12-10-15)20(25)23-17-6-2-1-3-7-17/h1-8,13,15-16H,9-12,14H2,(H,22,24)(H,23,25). The van der Waals surface area contributed by atoms with Gasteiger partial charge in [0, 0.05) is 23.7 Å². The minimum Gasteiger partial charge on any atom is -0.350 e. The van der Waals surface area contributed by atoms with E-state index < -0.39 is 0 Å². The first-order valence-electron chi connectivity index (χ1n) is 8.76. The summed E-state index contributed by atoms with van der Waals surface area (Å²) >= 11 is 0. The summed E-state index contributed by atoms with van der Waals surface area (Å²) in [4.78, 5) is 28.8. The van der Waals surface area contributed by atoms with Crippen LogP contribution in [0.4, 0.5) is 5.69 Å². The van der Waals surface area contributed by atoms with Crippen molar-refractivity contribution in [2.45, 2.75) is 32.2 Å². The average molecular weight is 337 g/mol. The van der Waals surface area contributed by atoms with Crippen LogP contribution in [-0.4, -0.2) is 16.8 Å². The number of anilines is 1. The predicted octanol–water partition coefficient (Wildman–Crippen LogP) is 3.14. The van der Waals surface area contributed by atoms with E-state index >= 15 is 0 Å². The van der Waals surface area contributed by atoms with Crippen LogP contribution in [0.1, 0.15) is 31.4 Å². The molecule has 0 saturated heterocycles. The number of carbonyl (C=O) groups is 2. The molecule has 1 aliphatic rings. The molecule has 3 rings (SSSR count). The van der Waals surface area contributed by atoms with Crippen molar-refractivity contribution < 1.29 is 9.59 Å². The second-order valence-electron chi connectivity index (χ2n) is 6.44. The molecule has 130 valence electrons. The molecular weight excluding hydrogens is 314 g/mol. The molecule has 0 unspecified atom stereocenters. The number of hydrogen-bond acceptors (Lipinski definition) is 3. The summed E-state index contributed by atoms with van der Waals surface area (Å²) in [5, 5.41) is 5.91. The normalized spacial score (nSPS) is 19.8. The van der Waals surface area contributed by atoms with Gasteiger partial charge in [-0.15, -0.1) is 0 Å². The van der Waals surface area contributed by atoms with Crippen molar-refractivity contribution in [3.63, 3.8) is 0 Å². The average Bonchev–Trinajstić information content (AvgIpc) is 2.68. The SMILES string of the molecule is O=C(NCc1ccccn1)C1CCC(C(=O)Nc2ccccc2)CC1. The van der Waals surface area contributed by atoms with Crippen LogP contribution in [-0.2, 0) is 16.1 Å². The van der Waals surface area contributed by atoms with E-state index in [0.717, 1.165) is 37.1 Å². The van der Waals surface area contributed by atoms with E-state index in [1.807, 2.05) is 48.5 Å². The highest BCUT2D eigenvalue weighted by Crippen LogP contribution is 2.29. The summed E-state index contributed by atoms with van der Waals surface area (Å²) in [7, 11) is 0. The molecule has 2 amide bonds. The Morgan fingerprint density at radius 2 is 1.52 bits per heavy atom. The minimum absolute atomic E-state index is 0.00973. The number of para-hydroxylation sites is 1. The summed E-state index contributed by atoms with van der Waals surface area (Å²) in [6.07, 6.45) is 4.72. The van der Waals surface area contributed by atoms with Crippen LogP contribution in [0.2, 0.25) is 0 Å². The number of nitrogens with one attached hydrogen (secondary N) is 2. The van der Waals surface area contributed by atoms with Gasteiger partial charge in [-0.2, -0.15) is 0 Å². The van der Waals surface area contributed by atoms with E-state index in [4.69, 9.17) is 0 Å². The number of amides is 2. The van der Waals surface area contributed by atoms with E-state index in [0.29, 0.717) is 6.54 Å². The van der Waals surface area contributed by atoms with Gasteiger partial charge >= 0.3 is 0 Å². The van der Waals surface area contributed by atoms with Gasteiger partial charge in [-0.25, -0.2) is 0 Å². The van der Waals surface area contributed by atoms with Gasteiger partial charge in [0.25, 0.3) is 0 Å². The van der Waals surface area contributed by atoms with Crippen molar-refractivity contribution in [3.8, 4) is 0 Å². The van der Waals surface area contributed by atoms with Gasteiger partial charge in [0.05, 0.1) is 12.2 Å². The maximum Gasteiger partial charge on any atom is 0.227 e. The number of rotatable bonds is 5. The molecule has 0 bridgehead atoms. The fourth-order valence-electron chi connectivity index (χ4n) is 3.21. The molecule has 1 aromatic carbocycles. The zero-order chi connectivity index (χ0) is 17.5. The Labute approximate surface area is 147 Å². The molecule has 1 aliphatic carbocycles. The first-order chi connectivity index (χ1) is 12.2. The summed E-state index contributed by atoms with van der Waals surface area (Å²) in [6.45, 7) is 0.452. The number of nitrogens with zero attached hydrogens (tertiary/aromatic N) is 1. The van der Waals surface area contributed by atoms with Gasteiger partial charge in [0.15, 0.2) is 0 Å². The van der Waals surface area contributed by atoms with Crippen molar-refractivity contribution in [3.05, 3.63) is 60.4 Å². The fourth-order valence-corrected chi connectivity index (χ4v) is 3.21. The Bertz CT molecular complexity index is 695. The topological polar surface area (TPSA) is 71.1 Å². The summed E-state index contributed by atoms with van der Waals surface area (Å²) in [5.74, 6) is 0.0932. The van der Waals surface area contributed by atoms with Gasteiger partial charge in [-0.05, 0) is 49.9 Å². The van der Waals surface area contributed by atoms with Crippen molar-refractivity contribution in [1.82, 2.24) is 10.3 Å². The van der Waals surface area contributed by atoms with Gasteiger partial charge in [0.1, 0.15) is 0 Å². The number of benzene rings is 1. The van der Waals surface area contributed by atoms with Crippen molar-refractivity contribution >= 4 is 17.5 Å². The minimum atomic E-state index is -0.0138. The molecular formula is C20H23N3O2. The zero-order valence-corrected chi connectivity index (χ0v) is 14.2. The zero-order valence-electron chi connectivity index (χ0n) is 14.2. The second kappa shape index (κ2) is 8.42. The Morgan fingerprint density at radius 1 is 0.880 bits per heavy atom. The molecule has 0 atom stereocenters. The molecule has 5 nitrogen and oxygen atoms in total. The Balaban J connectivity index is 1.43. The quantitative estimate of drug-likeness (QED) is 0.880. The van der Waals surface area contributed by atoms with Crippen LogP contribution in [0, 0.1) is 11.8 Å². The largest absolute Gasteiger partial charge is 0.350 e. The van der Waals surface area contributed by atoms with E-state index in [9.17, 15) is 9.59 Å². The molecule has 2 aromatic rings. The molecule has 0 spiro atoms. The lowest BCUT2D eigenvalue weighted by Crippen LogP contribution is -2.35. The molecule has 5 heteroatoms. The van der Waals surface area contributed by atoms with Crippen LogP contribution in [0.15, 0.2) is 54.7 Å². The number of carbonyl (C=O) groups excluding carboxylic acids is 2. The Hall–Kier alpha value is -2.69. The lowest BCUT2D eigenvalue weighted by atomic mass is 9.81. The number of aromatic nitrogens is 1. The monoisotopic (exact) mass is 337 g/mol. The highest BCUT2D eigenvalue weighted by Gasteiger charge is 2.29. The molecule has 1 saturated carbocycles. The summed E-state index contributed by atoms with van der Waals surface area (Å²) in [5.41, 5.74) is 1.68. The molecule has 0 radical (unpaired) electrons. The fraction of sp³-hybridized carbons (Fsp3) is 0.350. The molecule has 0 aliphatic heterocycles. The van der Waals surface area contributed by atoms with E-state index in [2.05, 4.69) is 15.6 Å². The van der Waals surface area contributed by atoms with E-state index in [1.165, 1.54) is 0 Å².